The van der Waals surface area contributed by atoms with Crippen molar-refractivity contribution in [3.05, 3.63) is 30.0 Å². The smallest absolute Gasteiger partial charge is 0.464 e. The van der Waals surface area contributed by atoms with E-state index in [-0.39, 0.29) is 0 Å². The minimum absolute atomic E-state index is 0.446. The van der Waals surface area contributed by atoms with Gasteiger partial charge < -0.3 is 14.5 Å². The van der Waals surface area contributed by atoms with Crippen LogP contribution in [0.1, 0.15) is 5.56 Å². The van der Waals surface area contributed by atoms with Crippen LogP contribution in [0.15, 0.2) is 28.9 Å². The van der Waals surface area contributed by atoms with Gasteiger partial charge in [0, 0.05) is 5.39 Å². The fourth-order valence-electron chi connectivity index (χ4n) is 1.34. The topological polar surface area (TPSA) is 53.6 Å². The summed E-state index contributed by atoms with van der Waals surface area (Å²) in [6.07, 6.45) is 1.65. The fraction of sp³-hybridized carbons (Fsp3) is 0.111. The SMILES string of the molecule is Cc1coc2cc(B(O)O)ccc12. The van der Waals surface area contributed by atoms with Crippen LogP contribution in [0.25, 0.3) is 11.0 Å². The van der Waals surface area contributed by atoms with Gasteiger partial charge in [0.15, 0.2) is 0 Å². The average Bonchev–Trinajstić information content (AvgIpc) is 2.47. The van der Waals surface area contributed by atoms with Crippen LogP contribution in [-0.4, -0.2) is 17.2 Å². The van der Waals surface area contributed by atoms with Gasteiger partial charge >= 0.3 is 7.12 Å². The Kier molecular flexibility index (Phi) is 1.86. The summed E-state index contributed by atoms with van der Waals surface area (Å²) in [6.45, 7) is 1.95. The molecule has 1 aromatic carbocycles. The molecule has 0 atom stereocenters. The van der Waals surface area contributed by atoms with Crippen molar-refractivity contribution in [1.82, 2.24) is 0 Å². The first-order valence-electron chi connectivity index (χ1n) is 4.02. The molecule has 0 aliphatic heterocycles. The highest BCUT2D eigenvalue weighted by molar-refractivity contribution is 6.58. The first kappa shape index (κ1) is 8.35. The van der Waals surface area contributed by atoms with Gasteiger partial charge in [-0.2, -0.15) is 0 Å². The Labute approximate surface area is 75.8 Å². The molecule has 3 nitrogen and oxygen atoms in total. The number of rotatable bonds is 1. The minimum atomic E-state index is -1.44. The van der Waals surface area contributed by atoms with Crippen molar-refractivity contribution in [2.75, 3.05) is 0 Å². The molecule has 0 amide bonds. The maximum atomic E-state index is 8.90. The van der Waals surface area contributed by atoms with Crippen LogP contribution in [0.2, 0.25) is 0 Å². The molecule has 0 unspecified atom stereocenters. The van der Waals surface area contributed by atoms with Crippen LogP contribution < -0.4 is 5.46 Å². The molecule has 66 valence electrons. The maximum Gasteiger partial charge on any atom is 0.488 e. The molecule has 13 heavy (non-hydrogen) atoms. The molecule has 2 rings (SSSR count). The molecular formula is C9H9BO3. The molecular weight excluding hydrogens is 167 g/mol. The quantitative estimate of drug-likeness (QED) is 0.619. The Hall–Kier alpha value is -1.26. The summed E-state index contributed by atoms with van der Waals surface area (Å²) < 4.78 is 5.22. The molecule has 2 N–H and O–H groups in total. The van der Waals surface area contributed by atoms with Crippen LogP contribution >= 0.6 is 0 Å². The van der Waals surface area contributed by atoms with Crippen LogP contribution in [0.5, 0.6) is 0 Å². The van der Waals surface area contributed by atoms with Crippen molar-refractivity contribution < 1.29 is 14.5 Å². The van der Waals surface area contributed by atoms with Crippen molar-refractivity contribution >= 4 is 23.6 Å². The normalized spacial score (nSPS) is 10.7. The molecule has 0 spiro atoms. The lowest BCUT2D eigenvalue weighted by Crippen LogP contribution is -2.29. The first-order chi connectivity index (χ1) is 6.18. The first-order valence-corrected chi connectivity index (χ1v) is 4.02. The third-order valence-electron chi connectivity index (χ3n) is 2.09. The van der Waals surface area contributed by atoms with E-state index in [1.54, 1.807) is 18.4 Å². The van der Waals surface area contributed by atoms with Gasteiger partial charge in [-0.05, 0) is 24.0 Å². The van der Waals surface area contributed by atoms with Gasteiger partial charge in [0.05, 0.1) is 6.26 Å². The Morgan fingerprint density at radius 2 is 2.08 bits per heavy atom. The lowest BCUT2D eigenvalue weighted by atomic mass is 9.80. The summed E-state index contributed by atoms with van der Waals surface area (Å²) in [5.41, 5.74) is 2.18. The zero-order chi connectivity index (χ0) is 9.42. The standard InChI is InChI=1S/C9H9BO3/c1-6-5-13-9-4-7(10(11)12)2-3-8(6)9/h2-5,11-12H,1H3. The van der Waals surface area contributed by atoms with Crippen LogP contribution in [0, 0.1) is 6.92 Å². The molecule has 0 radical (unpaired) electrons. The van der Waals surface area contributed by atoms with Crippen molar-refractivity contribution in [3.8, 4) is 0 Å². The second-order valence-corrected chi connectivity index (χ2v) is 3.05. The van der Waals surface area contributed by atoms with Crippen molar-refractivity contribution in [2.24, 2.45) is 0 Å². The molecule has 1 aromatic heterocycles. The zero-order valence-electron chi connectivity index (χ0n) is 7.19. The van der Waals surface area contributed by atoms with E-state index < -0.39 is 7.12 Å². The van der Waals surface area contributed by atoms with Gasteiger partial charge in [-0.3, -0.25) is 0 Å². The lowest BCUT2D eigenvalue weighted by molar-refractivity contribution is 0.425. The molecule has 0 bridgehead atoms. The van der Waals surface area contributed by atoms with E-state index in [9.17, 15) is 0 Å². The van der Waals surface area contributed by atoms with E-state index >= 15 is 0 Å². The van der Waals surface area contributed by atoms with E-state index in [1.807, 2.05) is 13.0 Å². The molecule has 0 saturated heterocycles. The fourth-order valence-corrected chi connectivity index (χ4v) is 1.34. The number of benzene rings is 1. The van der Waals surface area contributed by atoms with Crippen LogP contribution in [0.3, 0.4) is 0 Å². The van der Waals surface area contributed by atoms with Gasteiger partial charge in [0.2, 0.25) is 0 Å². The van der Waals surface area contributed by atoms with Gasteiger partial charge in [-0.15, -0.1) is 0 Å². The predicted octanol–water partition coefficient (Wildman–Crippen LogP) is 0.421. The minimum Gasteiger partial charge on any atom is -0.464 e. The van der Waals surface area contributed by atoms with Gasteiger partial charge in [-0.25, -0.2) is 0 Å². The van der Waals surface area contributed by atoms with Gasteiger partial charge in [0.1, 0.15) is 5.58 Å². The number of furan rings is 1. The third-order valence-corrected chi connectivity index (χ3v) is 2.09. The molecule has 1 heterocycles. The summed E-state index contributed by atoms with van der Waals surface area (Å²) in [6, 6.07) is 5.13. The summed E-state index contributed by atoms with van der Waals surface area (Å²) >= 11 is 0. The van der Waals surface area contributed by atoms with E-state index in [1.165, 1.54) is 0 Å². The number of hydrogen-bond donors (Lipinski definition) is 2. The van der Waals surface area contributed by atoms with Crippen molar-refractivity contribution in [2.45, 2.75) is 6.92 Å². The predicted molar refractivity (Wildman–Crippen MR) is 50.8 cm³/mol. The zero-order valence-corrected chi connectivity index (χ0v) is 7.19. The average molecular weight is 176 g/mol. The van der Waals surface area contributed by atoms with Crippen LogP contribution in [0.4, 0.5) is 0 Å². The number of hydrogen-bond acceptors (Lipinski definition) is 3. The Bertz CT molecular complexity index is 433. The third kappa shape index (κ3) is 1.34. The largest absolute Gasteiger partial charge is 0.488 e. The second kappa shape index (κ2) is 2.90. The Balaban J connectivity index is 2.63. The van der Waals surface area contributed by atoms with E-state index in [0.29, 0.717) is 11.0 Å². The number of fused-ring (bicyclic) bond motifs is 1. The molecule has 0 aliphatic carbocycles. The maximum absolute atomic E-state index is 8.90. The van der Waals surface area contributed by atoms with Crippen LogP contribution in [-0.2, 0) is 0 Å². The number of aryl methyl sites for hydroxylation is 1. The summed E-state index contributed by atoms with van der Waals surface area (Å²) in [4.78, 5) is 0. The molecule has 4 heteroatoms. The molecule has 2 aromatic rings. The van der Waals surface area contributed by atoms with Gasteiger partial charge in [-0.1, -0.05) is 12.1 Å². The summed E-state index contributed by atoms with van der Waals surface area (Å²) in [5.74, 6) is 0. The van der Waals surface area contributed by atoms with E-state index in [4.69, 9.17) is 14.5 Å². The van der Waals surface area contributed by atoms with E-state index in [0.717, 1.165) is 10.9 Å². The second-order valence-electron chi connectivity index (χ2n) is 3.05. The van der Waals surface area contributed by atoms with Gasteiger partial charge in [0.25, 0.3) is 0 Å². The molecule has 0 fully saturated rings. The Morgan fingerprint density at radius 3 is 2.77 bits per heavy atom. The lowest BCUT2D eigenvalue weighted by Gasteiger charge is -1.97. The van der Waals surface area contributed by atoms with Crippen molar-refractivity contribution in [3.63, 3.8) is 0 Å². The summed E-state index contributed by atoms with van der Waals surface area (Å²) in [5, 5.41) is 18.8. The highest BCUT2D eigenvalue weighted by Gasteiger charge is 2.12. The molecule has 0 aliphatic rings. The Morgan fingerprint density at radius 1 is 1.31 bits per heavy atom. The highest BCUT2D eigenvalue weighted by atomic mass is 16.4. The molecule has 0 saturated carbocycles. The van der Waals surface area contributed by atoms with E-state index in [2.05, 4.69) is 0 Å². The summed E-state index contributed by atoms with van der Waals surface area (Å²) in [7, 11) is -1.44. The monoisotopic (exact) mass is 176 g/mol. The highest BCUT2D eigenvalue weighted by Crippen LogP contribution is 2.18. The van der Waals surface area contributed by atoms with Crippen molar-refractivity contribution in [1.29, 1.82) is 0 Å².